The highest BCUT2D eigenvalue weighted by molar-refractivity contribution is 6.14. The molecule has 0 aliphatic heterocycles. The minimum Gasteiger partial charge on any atom is -0.307 e. The van der Waals surface area contributed by atoms with Gasteiger partial charge in [-0.15, -0.1) is 0 Å². The zero-order valence-electron chi connectivity index (χ0n) is 48.4. The first-order valence-electron chi connectivity index (χ1n) is 28.7. The maximum Gasteiger partial charge on any atom is 0.0991 e. The molecule has 13 rings (SSSR count). The van der Waals surface area contributed by atoms with E-state index in [1.165, 1.54) is 5.57 Å². The summed E-state index contributed by atoms with van der Waals surface area (Å²) in [4.78, 5) is 0. The van der Waals surface area contributed by atoms with Gasteiger partial charge < -0.3 is 9.13 Å². The molecule has 0 unspecified atom stereocenters. The Hall–Kier alpha value is -10.8. The molecule has 0 amide bonds. The van der Waals surface area contributed by atoms with Crippen molar-refractivity contribution in [2.75, 3.05) is 0 Å². The Balaban J connectivity index is 0.000000682. The minimum atomic E-state index is 0.611. The van der Waals surface area contributed by atoms with Gasteiger partial charge in [0.1, 0.15) is 0 Å². The number of nitriles is 2. The molecule has 0 N–H and O–H groups in total. The lowest BCUT2D eigenvalue weighted by Crippen LogP contribution is -2.06. The van der Waals surface area contributed by atoms with Crippen molar-refractivity contribution >= 4 is 43.6 Å². The summed E-state index contributed by atoms with van der Waals surface area (Å²) in [5.41, 5.74) is 24.1. The lowest BCUT2D eigenvalue weighted by atomic mass is 9.88. The van der Waals surface area contributed by atoms with Crippen LogP contribution >= 0.6 is 0 Å². The van der Waals surface area contributed by atoms with E-state index in [0.29, 0.717) is 11.1 Å². The van der Waals surface area contributed by atoms with Crippen LogP contribution in [0.5, 0.6) is 0 Å². The van der Waals surface area contributed by atoms with Gasteiger partial charge in [0, 0.05) is 21.5 Å². The van der Waals surface area contributed by atoms with Crippen molar-refractivity contribution in [3.05, 3.63) is 301 Å². The van der Waals surface area contributed by atoms with E-state index in [2.05, 4.69) is 274 Å². The van der Waals surface area contributed by atoms with Gasteiger partial charge in [-0.3, -0.25) is 0 Å². The van der Waals surface area contributed by atoms with Crippen LogP contribution in [0.1, 0.15) is 49.9 Å². The number of aromatic nitrogens is 2. The summed E-state index contributed by atoms with van der Waals surface area (Å²) in [6, 6.07) is 91.6. The highest BCUT2D eigenvalue weighted by Crippen LogP contribution is 2.47. The molecule has 13 aromatic rings. The number of allylic oxidation sites excluding steroid dienone is 5. The van der Waals surface area contributed by atoms with Crippen molar-refractivity contribution in [3.8, 4) is 90.3 Å². The quantitative estimate of drug-likeness (QED) is 0.128. The second-order valence-corrected chi connectivity index (χ2v) is 21.1. The molecular weight excluding hydrogens is 1020 g/mol. The molecular formula is C80H64N4. The zero-order valence-corrected chi connectivity index (χ0v) is 48.4. The van der Waals surface area contributed by atoms with Gasteiger partial charge in [0.2, 0.25) is 0 Å². The molecule has 2 aromatic heterocycles. The molecule has 0 saturated carbocycles. The molecule has 4 nitrogen and oxygen atoms in total. The molecule has 4 heteroatoms. The largest absolute Gasteiger partial charge is 0.307 e. The third-order valence-corrected chi connectivity index (χ3v) is 15.5. The Morgan fingerprint density at radius 2 is 0.667 bits per heavy atom. The minimum absolute atomic E-state index is 0.611. The van der Waals surface area contributed by atoms with E-state index in [4.69, 9.17) is 0 Å². The Morgan fingerprint density at radius 3 is 0.929 bits per heavy atom. The van der Waals surface area contributed by atoms with Crippen LogP contribution in [0.25, 0.3) is 122 Å². The molecule has 0 fully saturated rings. The van der Waals surface area contributed by atoms with E-state index in [1.807, 2.05) is 56.3 Å². The first kappa shape index (κ1) is 55.1. The standard InChI is InChI=1S/C70H46N4.C8H12.C2H6/c1-45-35-47(43-71)23-29-57(45)59-41-69(73-65-31-25-53(49-15-7-3-8-16-49)37-61(65)62-38-54(26-32-66(62)73)50-17-9-4-10-18-50)70(42-60(59)58-30-24-48(44-72)36-46(58)2)74-67-33-27-55(51-19-11-5-12-20-51)39-63(67)64-40-56(28-34-68(64)74)52-21-13-6-14-22-52;1-4-5-6-7-8(2)3;1-2/h3-42H,1-2H3;4-7H,1H2,2-3H3;1-2H3/b;6-5-;. The summed E-state index contributed by atoms with van der Waals surface area (Å²) in [6.45, 7) is 15.9. The van der Waals surface area contributed by atoms with Gasteiger partial charge >= 0.3 is 0 Å². The van der Waals surface area contributed by atoms with Crippen molar-refractivity contribution in [2.24, 2.45) is 0 Å². The van der Waals surface area contributed by atoms with Crippen LogP contribution in [0.3, 0.4) is 0 Å². The number of benzene rings is 11. The third kappa shape index (κ3) is 10.8. The molecule has 404 valence electrons. The van der Waals surface area contributed by atoms with Crippen LogP contribution in [0.15, 0.2) is 279 Å². The van der Waals surface area contributed by atoms with E-state index < -0.39 is 0 Å². The van der Waals surface area contributed by atoms with Crippen molar-refractivity contribution in [3.63, 3.8) is 0 Å². The monoisotopic (exact) mass is 1080 g/mol. The molecule has 0 spiro atoms. The van der Waals surface area contributed by atoms with Gasteiger partial charge in [0.15, 0.2) is 0 Å². The van der Waals surface area contributed by atoms with Crippen molar-refractivity contribution < 1.29 is 0 Å². The lowest BCUT2D eigenvalue weighted by Gasteiger charge is -2.23. The summed E-state index contributed by atoms with van der Waals surface area (Å²) in [6.07, 6.45) is 7.69. The number of hydrogen-bond acceptors (Lipinski definition) is 2. The number of fused-ring (bicyclic) bond motifs is 6. The van der Waals surface area contributed by atoms with Crippen LogP contribution in [-0.2, 0) is 0 Å². The van der Waals surface area contributed by atoms with E-state index in [0.717, 1.165) is 133 Å². The van der Waals surface area contributed by atoms with Crippen LogP contribution in [-0.4, -0.2) is 9.13 Å². The van der Waals surface area contributed by atoms with E-state index in [1.54, 1.807) is 6.08 Å². The summed E-state index contributed by atoms with van der Waals surface area (Å²) < 4.78 is 4.94. The van der Waals surface area contributed by atoms with Gasteiger partial charge in [-0.25, -0.2) is 0 Å². The van der Waals surface area contributed by atoms with Gasteiger partial charge in [0.25, 0.3) is 0 Å². The van der Waals surface area contributed by atoms with Gasteiger partial charge in [0.05, 0.1) is 56.7 Å². The predicted molar refractivity (Wildman–Crippen MR) is 357 cm³/mol. The summed E-state index contributed by atoms with van der Waals surface area (Å²) in [5, 5.41) is 24.8. The van der Waals surface area contributed by atoms with Gasteiger partial charge in [-0.1, -0.05) is 208 Å². The van der Waals surface area contributed by atoms with Crippen molar-refractivity contribution in [1.82, 2.24) is 9.13 Å². The Kier molecular flexibility index (Phi) is 16.1. The Labute approximate surface area is 493 Å². The summed E-state index contributed by atoms with van der Waals surface area (Å²) >= 11 is 0. The SMILES string of the molecule is C=C/C=C\C=C(C)C.CC.Cc1cc(C#N)ccc1-c1cc(-n2c3ccc(-c4ccccc4)cc3c3cc(-c4ccccc4)ccc32)c(-n2c3ccc(-c4ccccc4)cc3c3cc(-c4ccccc4)ccc32)cc1-c1ccc(C#N)cc1C. The first-order valence-corrected chi connectivity index (χ1v) is 28.7. The van der Waals surface area contributed by atoms with Crippen LogP contribution in [0.2, 0.25) is 0 Å². The molecule has 84 heavy (non-hydrogen) atoms. The van der Waals surface area contributed by atoms with E-state index in [-0.39, 0.29) is 0 Å². The molecule has 0 aliphatic rings. The highest BCUT2D eigenvalue weighted by atomic mass is 15.1. The highest BCUT2D eigenvalue weighted by Gasteiger charge is 2.25. The van der Waals surface area contributed by atoms with Gasteiger partial charge in [-0.05, 0) is 191 Å². The predicted octanol–water partition coefficient (Wildman–Crippen LogP) is 22.0. The maximum atomic E-state index is 10.1. The van der Waals surface area contributed by atoms with Crippen LogP contribution < -0.4 is 0 Å². The topological polar surface area (TPSA) is 57.4 Å². The zero-order chi connectivity index (χ0) is 58.3. The fourth-order valence-corrected chi connectivity index (χ4v) is 11.6. The lowest BCUT2D eigenvalue weighted by molar-refractivity contribution is 1.10. The number of nitrogens with zero attached hydrogens (tertiary/aromatic N) is 4. The normalized spacial score (nSPS) is 11.0. The molecule has 0 saturated heterocycles. The molecule has 2 heterocycles. The summed E-state index contributed by atoms with van der Waals surface area (Å²) in [7, 11) is 0. The molecule has 11 aromatic carbocycles. The van der Waals surface area contributed by atoms with E-state index in [9.17, 15) is 10.5 Å². The molecule has 0 aliphatic carbocycles. The average molecular weight is 1080 g/mol. The number of aryl methyl sites for hydroxylation is 2. The maximum absolute atomic E-state index is 10.1. The second-order valence-electron chi connectivity index (χ2n) is 21.1. The van der Waals surface area contributed by atoms with Crippen LogP contribution in [0, 0.1) is 36.5 Å². The molecule has 0 radical (unpaired) electrons. The fraction of sp³-hybridized carbons (Fsp3) is 0.0750. The first-order chi connectivity index (χ1) is 41.2. The average Bonchev–Trinajstić information content (AvgIpc) is 2.58. The third-order valence-electron chi connectivity index (χ3n) is 15.5. The van der Waals surface area contributed by atoms with Crippen molar-refractivity contribution in [2.45, 2.75) is 41.5 Å². The van der Waals surface area contributed by atoms with Crippen LogP contribution in [0.4, 0.5) is 0 Å². The molecule has 0 atom stereocenters. The van der Waals surface area contributed by atoms with Gasteiger partial charge in [-0.2, -0.15) is 10.5 Å². The number of rotatable bonds is 10. The smallest absolute Gasteiger partial charge is 0.0991 e. The second kappa shape index (κ2) is 24.5. The molecule has 0 bridgehead atoms. The van der Waals surface area contributed by atoms with E-state index >= 15 is 0 Å². The van der Waals surface area contributed by atoms with Crippen molar-refractivity contribution in [1.29, 1.82) is 10.5 Å². The summed E-state index contributed by atoms with van der Waals surface area (Å²) in [5.74, 6) is 0. The number of hydrogen-bond donors (Lipinski definition) is 0. The Morgan fingerprint density at radius 1 is 0.357 bits per heavy atom. The Bertz CT molecular complexity index is 4250. The fourth-order valence-electron chi connectivity index (χ4n) is 11.6.